The van der Waals surface area contributed by atoms with Gasteiger partial charge in [-0.25, -0.2) is 0 Å². The summed E-state index contributed by atoms with van der Waals surface area (Å²) in [5, 5.41) is 0. The average Bonchev–Trinajstić information content (AvgIpc) is 2.55. The van der Waals surface area contributed by atoms with Gasteiger partial charge in [-0.05, 0) is 36.2 Å². The molecular formula is C18H22BrNO. The monoisotopic (exact) mass is 347 g/mol. The van der Waals surface area contributed by atoms with Gasteiger partial charge < -0.3 is 4.74 Å². The molecule has 0 amide bonds. The lowest BCUT2D eigenvalue weighted by Crippen LogP contribution is -2.04. The number of hydrogen-bond donors (Lipinski definition) is 0. The number of halogens is 1. The predicted octanol–water partition coefficient (Wildman–Crippen LogP) is 5.50. The van der Waals surface area contributed by atoms with Crippen LogP contribution in [0.3, 0.4) is 0 Å². The molecule has 0 aliphatic heterocycles. The van der Waals surface area contributed by atoms with Crippen LogP contribution in [0, 0.1) is 0 Å². The van der Waals surface area contributed by atoms with Crippen molar-refractivity contribution < 1.29 is 4.74 Å². The number of alkyl halides is 1. The Hall–Kier alpha value is -1.35. The summed E-state index contributed by atoms with van der Waals surface area (Å²) in [6, 6.07) is 14.4. The zero-order chi connectivity index (χ0) is 15.1. The SMILES string of the molecule is CCCCOc1ccc(C(Br)C(C)c2ccccn2)cc1. The summed E-state index contributed by atoms with van der Waals surface area (Å²) in [4.78, 5) is 4.69. The highest BCUT2D eigenvalue weighted by molar-refractivity contribution is 9.09. The van der Waals surface area contributed by atoms with Gasteiger partial charge >= 0.3 is 0 Å². The maximum Gasteiger partial charge on any atom is 0.119 e. The van der Waals surface area contributed by atoms with E-state index < -0.39 is 0 Å². The molecule has 3 heteroatoms. The van der Waals surface area contributed by atoms with Crippen LogP contribution in [0.2, 0.25) is 0 Å². The highest BCUT2D eigenvalue weighted by atomic mass is 79.9. The summed E-state index contributed by atoms with van der Waals surface area (Å²) in [7, 11) is 0. The van der Waals surface area contributed by atoms with Gasteiger partial charge in [-0.2, -0.15) is 0 Å². The maximum absolute atomic E-state index is 5.70. The van der Waals surface area contributed by atoms with Crippen LogP contribution in [0.5, 0.6) is 5.75 Å². The second-order valence-electron chi connectivity index (χ2n) is 5.22. The Balaban J connectivity index is 2.01. The fourth-order valence-corrected chi connectivity index (χ4v) is 2.74. The molecule has 0 aliphatic carbocycles. The molecule has 0 aliphatic rings. The minimum Gasteiger partial charge on any atom is -0.494 e. The molecule has 1 heterocycles. The van der Waals surface area contributed by atoms with Crippen molar-refractivity contribution >= 4 is 15.9 Å². The molecule has 112 valence electrons. The molecule has 0 bridgehead atoms. The predicted molar refractivity (Wildman–Crippen MR) is 91.2 cm³/mol. The quantitative estimate of drug-likeness (QED) is 0.487. The lowest BCUT2D eigenvalue weighted by Gasteiger charge is -2.18. The van der Waals surface area contributed by atoms with Gasteiger partial charge in [0.05, 0.1) is 6.61 Å². The second-order valence-corrected chi connectivity index (χ2v) is 6.20. The lowest BCUT2D eigenvalue weighted by atomic mass is 9.97. The topological polar surface area (TPSA) is 22.1 Å². The van der Waals surface area contributed by atoms with Crippen LogP contribution in [-0.2, 0) is 0 Å². The first-order chi connectivity index (χ1) is 10.2. The molecular weight excluding hydrogens is 326 g/mol. The molecule has 0 saturated carbocycles. The molecule has 2 nitrogen and oxygen atoms in total. The highest BCUT2D eigenvalue weighted by Crippen LogP contribution is 2.37. The van der Waals surface area contributed by atoms with E-state index in [9.17, 15) is 0 Å². The van der Waals surface area contributed by atoms with E-state index in [1.807, 2.05) is 30.5 Å². The summed E-state index contributed by atoms with van der Waals surface area (Å²) in [6.45, 7) is 5.15. The number of pyridine rings is 1. The van der Waals surface area contributed by atoms with Crippen molar-refractivity contribution in [2.24, 2.45) is 0 Å². The van der Waals surface area contributed by atoms with Gasteiger partial charge in [-0.1, -0.05) is 54.4 Å². The summed E-state index contributed by atoms with van der Waals surface area (Å²) in [5.41, 5.74) is 2.35. The van der Waals surface area contributed by atoms with Gasteiger partial charge in [0.15, 0.2) is 0 Å². The van der Waals surface area contributed by atoms with E-state index in [0.29, 0.717) is 5.92 Å². The third kappa shape index (κ3) is 4.57. The Morgan fingerprint density at radius 1 is 1.14 bits per heavy atom. The fourth-order valence-electron chi connectivity index (χ4n) is 2.17. The minimum absolute atomic E-state index is 0.247. The number of nitrogens with zero attached hydrogens (tertiary/aromatic N) is 1. The largest absolute Gasteiger partial charge is 0.494 e. The van der Waals surface area contributed by atoms with Crippen LogP contribution in [0.15, 0.2) is 48.7 Å². The molecule has 1 aromatic heterocycles. The first-order valence-corrected chi connectivity index (χ1v) is 8.41. The number of ether oxygens (including phenoxy) is 1. The Bertz CT molecular complexity index is 527. The third-order valence-corrected chi connectivity index (χ3v) is 4.88. The van der Waals surface area contributed by atoms with Crippen molar-refractivity contribution in [1.82, 2.24) is 4.98 Å². The lowest BCUT2D eigenvalue weighted by molar-refractivity contribution is 0.309. The van der Waals surface area contributed by atoms with Gasteiger partial charge in [0.2, 0.25) is 0 Å². The Morgan fingerprint density at radius 2 is 1.90 bits per heavy atom. The van der Waals surface area contributed by atoms with E-state index in [1.165, 1.54) is 5.56 Å². The van der Waals surface area contributed by atoms with E-state index >= 15 is 0 Å². The smallest absolute Gasteiger partial charge is 0.119 e. The number of unbranched alkanes of at least 4 members (excludes halogenated alkanes) is 1. The van der Waals surface area contributed by atoms with E-state index in [-0.39, 0.29) is 4.83 Å². The average molecular weight is 348 g/mol. The van der Waals surface area contributed by atoms with Crippen LogP contribution in [0.1, 0.15) is 48.7 Å². The summed E-state index contributed by atoms with van der Waals surface area (Å²) >= 11 is 3.80. The van der Waals surface area contributed by atoms with E-state index in [4.69, 9.17) is 4.74 Å². The third-order valence-electron chi connectivity index (χ3n) is 3.56. The Morgan fingerprint density at radius 3 is 2.52 bits per heavy atom. The number of hydrogen-bond acceptors (Lipinski definition) is 2. The van der Waals surface area contributed by atoms with Crippen molar-refractivity contribution in [2.75, 3.05) is 6.61 Å². The number of aromatic nitrogens is 1. The molecule has 0 radical (unpaired) electrons. The highest BCUT2D eigenvalue weighted by Gasteiger charge is 2.18. The van der Waals surface area contributed by atoms with Gasteiger partial charge in [0.1, 0.15) is 5.75 Å². The molecule has 0 fully saturated rings. The van der Waals surface area contributed by atoms with Crippen molar-refractivity contribution in [3.05, 3.63) is 59.9 Å². The van der Waals surface area contributed by atoms with E-state index in [2.05, 4.69) is 53.0 Å². The number of rotatable bonds is 7. The maximum atomic E-state index is 5.70. The first kappa shape index (κ1) is 16.0. The van der Waals surface area contributed by atoms with Crippen molar-refractivity contribution in [3.63, 3.8) is 0 Å². The molecule has 0 saturated heterocycles. The fraction of sp³-hybridized carbons (Fsp3) is 0.389. The van der Waals surface area contributed by atoms with Crippen molar-refractivity contribution in [2.45, 2.75) is 37.4 Å². The molecule has 1 aromatic carbocycles. The Kier molecular flexibility index (Phi) is 6.24. The van der Waals surface area contributed by atoms with Gasteiger partial charge in [0, 0.05) is 22.6 Å². The van der Waals surface area contributed by atoms with Gasteiger partial charge in [-0.3, -0.25) is 4.98 Å². The minimum atomic E-state index is 0.247. The van der Waals surface area contributed by atoms with Crippen molar-refractivity contribution in [3.8, 4) is 5.75 Å². The molecule has 21 heavy (non-hydrogen) atoms. The normalized spacial score (nSPS) is 13.7. The van der Waals surface area contributed by atoms with Crippen LogP contribution in [0.25, 0.3) is 0 Å². The summed E-state index contributed by atoms with van der Waals surface area (Å²) in [6.07, 6.45) is 4.10. The van der Waals surface area contributed by atoms with Crippen molar-refractivity contribution in [1.29, 1.82) is 0 Å². The molecule has 2 atom stereocenters. The summed E-state index contributed by atoms with van der Waals surface area (Å²) in [5.74, 6) is 1.26. The van der Waals surface area contributed by atoms with Crippen LogP contribution < -0.4 is 4.74 Å². The van der Waals surface area contributed by atoms with E-state index in [1.54, 1.807) is 0 Å². The standard InChI is InChI=1S/C18H22BrNO/c1-3-4-13-21-16-10-8-15(9-11-16)18(19)14(2)17-7-5-6-12-20-17/h5-12,14,18H,3-4,13H2,1-2H3. The summed E-state index contributed by atoms with van der Waals surface area (Å²) < 4.78 is 5.70. The second kappa shape index (κ2) is 8.18. The Labute approximate surface area is 135 Å². The molecule has 0 spiro atoms. The molecule has 2 unspecified atom stereocenters. The van der Waals surface area contributed by atoms with Gasteiger partial charge in [0.25, 0.3) is 0 Å². The van der Waals surface area contributed by atoms with Crippen LogP contribution in [-0.4, -0.2) is 11.6 Å². The zero-order valence-electron chi connectivity index (χ0n) is 12.6. The van der Waals surface area contributed by atoms with Crippen LogP contribution >= 0.6 is 15.9 Å². The molecule has 0 N–H and O–H groups in total. The molecule has 2 rings (SSSR count). The van der Waals surface area contributed by atoms with E-state index in [0.717, 1.165) is 30.9 Å². The molecule has 2 aromatic rings. The van der Waals surface area contributed by atoms with Gasteiger partial charge in [-0.15, -0.1) is 0 Å². The first-order valence-electron chi connectivity index (χ1n) is 7.50. The zero-order valence-corrected chi connectivity index (χ0v) is 14.2. The number of benzene rings is 1. The van der Waals surface area contributed by atoms with Crippen LogP contribution in [0.4, 0.5) is 0 Å².